The van der Waals surface area contributed by atoms with E-state index in [0.717, 1.165) is 31.2 Å². The number of carbonyl (C=O) groups is 1. The normalized spacial score (nSPS) is 12.2. The Hall–Kier alpha value is -2.30. The molecule has 2 rings (SSSR count). The zero-order valence-electron chi connectivity index (χ0n) is 15.6. The summed E-state index contributed by atoms with van der Waals surface area (Å²) in [5.41, 5.74) is 2.44. The summed E-state index contributed by atoms with van der Waals surface area (Å²) in [6, 6.07) is 8.70. The first-order valence-electron chi connectivity index (χ1n) is 9.19. The van der Waals surface area contributed by atoms with Gasteiger partial charge in [-0.3, -0.25) is 9.78 Å². The zero-order valence-corrected chi connectivity index (χ0v) is 15.6. The van der Waals surface area contributed by atoms with E-state index in [0.29, 0.717) is 11.6 Å². The molecule has 0 saturated heterocycles. The fourth-order valence-electron chi connectivity index (χ4n) is 3.39. The Morgan fingerprint density at radius 2 is 1.92 bits per heavy atom. The number of aromatic nitrogens is 1. The van der Waals surface area contributed by atoms with Gasteiger partial charge in [-0.25, -0.2) is 8.78 Å². The van der Waals surface area contributed by atoms with Crippen LogP contribution < -0.4 is 5.32 Å². The Morgan fingerprint density at radius 3 is 2.54 bits per heavy atom. The molecule has 26 heavy (non-hydrogen) atoms. The number of hydrogen-bond acceptors (Lipinski definition) is 2. The fraction of sp³-hybridized carbons (Fsp3) is 0.429. The summed E-state index contributed by atoms with van der Waals surface area (Å²) in [6.07, 6.45) is 2.36. The van der Waals surface area contributed by atoms with Crippen LogP contribution in [-0.4, -0.2) is 10.9 Å². The molecule has 1 amide bonds. The first kappa shape index (κ1) is 20.0. The van der Waals surface area contributed by atoms with E-state index in [2.05, 4.69) is 37.1 Å². The van der Waals surface area contributed by atoms with Gasteiger partial charge in [-0.15, -0.1) is 0 Å². The van der Waals surface area contributed by atoms with Gasteiger partial charge in [0.1, 0.15) is 5.69 Å². The number of halogens is 2. The molecule has 1 N–H and O–H groups in total. The Balaban J connectivity index is 2.42. The summed E-state index contributed by atoms with van der Waals surface area (Å²) >= 11 is 0. The van der Waals surface area contributed by atoms with Gasteiger partial charge in [-0.2, -0.15) is 0 Å². The number of aryl methyl sites for hydroxylation is 1. The Labute approximate surface area is 153 Å². The third kappa shape index (κ3) is 4.45. The Kier molecular flexibility index (Phi) is 7.25. The number of amides is 1. The van der Waals surface area contributed by atoms with E-state index in [1.807, 2.05) is 12.1 Å². The number of rotatable bonds is 8. The topological polar surface area (TPSA) is 42.0 Å². The highest BCUT2D eigenvalue weighted by atomic mass is 19.3. The summed E-state index contributed by atoms with van der Waals surface area (Å²) < 4.78 is 26.3. The molecule has 1 heterocycles. The average Bonchev–Trinajstić information content (AvgIpc) is 2.66. The Bertz CT molecular complexity index is 747. The van der Waals surface area contributed by atoms with Crippen LogP contribution >= 0.6 is 0 Å². The summed E-state index contributed by atoms with van der Waals surface area (Å²) in [6.45, 7) is 6.35. The minimum atomic E-state index is -2.79. The van der Waals surface area contributed by atoms with Gasteiger partial charge in [0.2, 0.25) is 0 Å². The van der Waals surface area contributed by atoms with E-state index < -0.39 is 18.0 Å². The van der Waals surface area contributed by atoms with Crippen molar-refractivity contribution < 1.29 is 13.6 Å². The molecule has 0 aliphatic rings. The van der Waals surface area contributed by atoms with Crippen LogP contribution in [0.5, 0.6) is 0 Å². The maximum Gasteiger partial charge on any atom is 0.281 e. The summed E-state index contributed by atoms with van der Waals surface area (Å²) in [5.74, 6) is -0.218. The highest BCUT2D eigenvalue weighted by Crippen LogP contribution is 2.34. The molecule has 3 nitrogen and oxygen atoms in total. The van der Waals surface area contributed by atoms with Crippen molar-refractivity contribution in [3.63, 3.8) is 0 Å². The van der Waals surface area contributed by atoms with Gasteiger partial charge in [-0.1, -0.05) is 39.3 Å². The smallest absolute Gasteiger partial charge is 0.281 e. The molecule has 2 aromatic rings. The van der Waals surface area contributed by atoms with Crippen LogP contribution in [0.25, 0.3) is 0 Å². The maximum atomic E-state index is 13.2. The van der Waals surface area contributed by atoms with Gasteiger partial charge in [0.25, 0.3) is 12.3 Å². The standard InChI is InChI=1S/C21H26F2N2O/c1-4-9-14(5-2)18-15(6-3)10-7-12-17(18)25-21(26)16-11-8-13-24-19(16)20(22)23/h7-8,10-14,20H,4-6,9H2,1-3H3,(H,25,26). The van der Waals surface area contributed by atoms with Crippen LogP contribution in [0.15, 0.2) is 36.5 Å². The highest BCUT2D eigenvalue weighted by molar-refractivity contribution is 6.05. The van der Waals surface area contributed by atoms with Gasteiger partial charge in [0.15, 0.2) is 0 Å². The molecule has 0 spiro atoms. The van der Waals surface area contributed by atoms with Gasteiger partial charge in [0.05, 0.1) is 5.56 Å². The van der Waals surface area contributed by atoms with E-state index in [9.17, 15) is 13.6 Å². The van der Waals surface area contributed by atoms with Crippen molar-refractivity contribution in [2.24, 2.45) is 0 Å². The second-order valence-electron chi connectivity index (χ2n) is 6.32. The fourth-order valence-corrected chi connectivity index (χ4v) is 3.39. The lowest BCUT2D eigenvalue weighted by Crippen LogP contribution is -2.18. The van der Waals surface area contributed by atoms with Crippen molar-refractivity contribution in [1.29, 1.82) is 0 Å². The van der Waals surface area contributed by atoms with Crippen molar-refractivity contribution in [2.45, 2.75) is 58.8 Å². The SMILES string of the molecule is CCCC(CC)c1c(CC)cccc1NC(=O)c1cccnc1C(F)F. The molecule has 0 saturated carbocycles. The van der Waals surface area contributed by atoms with Gasteiger partial charge < -0.3 is 5.32 Å². The van der Waals surface area contributed by atoms with Crippen molar-refractivity contribution in [2.75, 3.05) is 5.32 Å². The van der Waals surface area contributed by atoms with Crippen LogP contribution in [0.2, 0.25) is 0 Å². The first-order chi connectivity index (χ1) is 12.5. The van der Waals surface area contributed by atoms with E-state index >= 15 is 0 Å². The zero-order chi connectivity index (χ0) is 19.1. The molecule has 0 radical (unpaired) electrons. The third-order valence-electron chi connectivity index (χ3n) is 4.65. The number of carbonyl (C=O) groups excluding carboxylic acids is 1. The number of benzene rings is 1. The number of nitrogens with one attached hydrogen (secondary N) is 1. The van der Waals surface area contributed by atoms with Crippen LogP contribution in [0.1, 0.15) is 79.6 Å². The summed E-state index contributed by atoms with van der Waals surface area (Å²) in [7, 11) is 0. The molecule has 1 atom stereocenters. The summed E-state index contributed by atoms with van der Waals surface area (Å²) in [5, 5.41) is 2.86. The number of anilines is 1. The lowest BCUT2D eigenvalue weighted by Gasteiger charge is -2.22. The molecule has 140 valence electrons. The van der Waals surface area contributed by atoms with Crippen LogP contribution in [-0.2, 0) is 6.42 Å². The minimum absolute atomic E-state index is 0.0844. The molecular formula is C21H26F2N2O. The van der Waals surface area contributed by atoms with Gasteiger partial charge in [-0.05, 0) is 54.5 Å². The molecule has 1 unspecified atom stereocenters. The number of pyridine rings is 1. The molecule has 0 aliphatic heterocycles. The van der Waals surface area contributed by atoms with Gasteiger partial charge >= 0.3 is 0 Å². The Morgan fingerprint density at radius 1 is 1.15 bits per heavy atom. The van der Waals surface area contributed by atoms with Crippen LogP contribution in [0.4, 0.5) is 14.5 Å². The number of alkyl halides is 2. The molecule has 1 aromatic heterocycles. The molecule has 0 aliphatic carbocycles. The van der Waals surface area contributed by atoms with Crippen LogP contribution in [0, 0.1) is 0 Å². The van der Waals surface area contributed by atoms with Crippen molar-refractivity contribution in [3.8, 4) is 0 Å². The predicted octanol–water partition coefficient (Wildman–Crippen LogP) is 6.13. The van der Waals surface area contributed by atoms with Crippen molar-refractivity contribution >= 4 is 11.6 Å². The average molecular weight is 360 g/mol. The summed E-state index contributed by atoms with van der Waals surface area (Å²) in [4.78, 5) is 16.3. The maximum absolute atomic E-state index is 13.2. The quantitative estimate of drug-likeness (QED) is 0.615. The van der Waals surface area contributed by atoms with Crippen molar-refractivity contribution in [1.82, 2.24) is 4.98 Å². The number of nitrogens with zero attached hydrogens (tertiary/aromatic N) is 1. The van der Waals surface area contributed by atoms with E-state index in [-0.39, 0.29) is 5.56 Å². The lowest BCUT2D eigenvalue weighted by atomic mass is 9.86. The van der Waals surface area contributed by atoms with Crippen LogP contribution in [0.3, 0.4) is 0 Å². The highest BCUT2D eigenvalue weighted by Gasteiger charge is 2.22. The molecule has 0 bridgehead atoms. The molecule has 0 fully saturated rings. The largest absolute Gasteiger partial charge is 0.322 e. The van der Waals surface area contributed by atoms with Gasteiger partial charge in [0, 0.05) is 11.9 Å². The lowest BCUT2D eigenvalue weighted by molar-refractivity contribution is 0.100. The van der Waals surface area contributed by atoms with E-state index in [1.54, 1.807) is 0 Å². The second-order valence-corrected chi connectivity index (χ2v) is 6.32. The monoisotopic (exact) mass is 360 g/mol. The first-order valence-corrected chi connectivity index (χ1v) is 9.19. The van der Waals surface area contributed by atoms with E-state index in [4.69, 9.17) is 0 Å². The predicted molar refractivity (Wildman–Crippen MR) is 101 cm³/mol. The third-order valence-corrected chi connectivity index (χ3v) is 4.65. The van der Waals surface area contributed by atoms with Crippen molar-refractivity contribution in [3.05, 3.63) is 58.9 Å². The molecule has 1 aromatic carbocycles. The minimum Gasteiger partial charge on any atom is -0.322 e. The van der Waals surface area contributed by atoms with E-state index in [1.165, 1.54) is 23.9 Å². The second kappa shape index (κ2) is 9.41. The number of hydrogen-bond donors (Lipinski definition) is 1. The molecule has 5 heteroatoms. The molecular weight excluding hydrogens is 334 g/mol.